The van der Waals surface area contributed by atoms with Crippen molar-refractivity contribution >= 4 is 39.2 Å². The zero-order chi connectivity index (χ0) is 20.7. The molecule has 3 N–H and O–H groups in total. The summed E-state index contributed by atoms with van der Waals surface area (Å²) < 4.78 is 2.11. The van der Waals surface area contributed by atoms with Crippen LogP contribution in [0.5, 0.6) is 0 Å². The Morgan fingerprint density at radius 3 is 2.57 bits per heavy atom. The molecule has 3 heterocycles. The Morgan fingerprint density at radius 2 is 1.73 bits per heavy atom. The zero-order valence-electron chi connectivity index (χ0n) is 16.3. The Kier molecular flexibility index (Phi) is 4.32. The first-order valence-corrected chi connectivity index (χ1v) is 9.90. The Balaban J connectivity index is 1.42. The van der Waals surface area contributed by atoms with E-state index in [4.69, 9.17) is 10.7 Å². The van der Waals surface area contributed by atoms with Crippen molar-refractivity contribution in [1.82, 2.24) is 14.9 Å². The van der Waals surface area contributed by atoms with Crippen LogP contribution < -0.4 is 11.1 Å². The van der Waals surface area contributed by atoms with Gasteiger partial charge < -0.3 is 10.3 Å². The molecule has 5 rings (SSSR count). The SMILES string of the molecule is NC1=C(c2cn(CCCc3ccc4ccccc4n3)c3ccccc23)C(=O)NC1=O. The van der Waals surface area contributed by atoms with Gasteiger partial charge in [0, 0.05) is 40.3 Å². The molecule has 30 heavy (non-hydrogen) atoms. The normalized spacial score (nSPS) is 14.1. The second kappa shape index (κ2) is 7.15. The average Bonchev–Trinajstić information content (AvgIpc) is 3.24. The molecule has 6 heteroatoms. The van der Waals surface area contributed by atoms with E-state index in [0.717, 1.165) is 46.9 Å². The summed E-state index contributed by atoms with van der Waals surface area (Å²) in [6.07, 6.45) is 3.65. The lowest BCUT2D eigenvalue weighted by molar-refractivity contribution is -0.123. The molecule has 0 saturated heterocycles. The highest BCUT2D eigenvalue weighted by Crippen LogP contribution is 2.30. The lowest BCUT2D eigenvalue weighted by atomic mass is 10.0. The fraction of sp³-hybridized carbons (Fsp3) is 0.125. The molecule has 2 amide bonds. The molecule has 1 aliphatic rings. The molecular weight excluding hydrogens is 376 g/mol. The highest BCUT2D eigenvalue weighted by Gasteiger charge is 2.31. The van der Waals surface area contributed by atoms with Gasteiger partial charge >= 0.3 is 0 Å². The number of nitrogens with two attached hydrogens (primary N) is 1. The van der Waals surface area contributed by atoms with E-state index in [2.05, 4.69) is 28.1 Å². The van der Waals surface area contributed by atoms with Crippen molar-refractivity contribution in [3.63, 3.8) is 0 Å². The van der Waals surface area contributed by atoms with Crippen LogP contribution in [0.2, 0.25) is 0 Å². The first kappa shape index (κ1) is 18.1. The Labute approximate surface area is 173 Å². The van der Waals surface area contributed by atoms with Gasteiger partial charge in [-0.2, -0.15) is 0 Å². The zero-order valence-corrected chi connectivity index (χ0v) is 16.3. The molecule has 2 aromatic carbocycles. The minimum Gasteiger partial charge on any atom is -0.394 e. The number of hydrogen-bond acceptors (Lipinski definition) is 4. The van der Waals surface area contributed by atoms with Gasteiger partial charge in [-0.15, -0.1) is 0 Å². The first-order valence-electron chi connectivity index (χ1n) is 9.90. The van der Waals surface area contributed by atoms with Gasteiger partial charge in [0.05, 0.1) is 11.1 Å². The van der Waals surface area contributed by atoms with E-state index in [1.807, 2.05) is 48.7 Å². The average molecular weight is 396 g/mol. The topological polar surface area (TPSA) is 90.0 Å². The highest BCUT2D eigenvalue weighted by molar-refractivity contribution is 6.37. The number of hydrogen-bond donors (Lipinski definition) is 2. The summed E-state index contributed by atoms with van der Waals surface area (Å²) in [5, 5.41) is 4.32. The van der Waals surface area contributed by atoms with E-state index in [1.165, 1.54) is 0 Å². The molecule has 4 aromatic rings. The van der Waals surface area contributed by atoms with Crippen molar-refractivity contribution in [2.24, 2.45) is 5.73 Å². The third-order valence-corrected chi connectivity index (χ3v) is 5.51. The molecule has 0 aliphatic carbocycles. The molecule has 0 saturated carbocycles. The minimum atomic E-state index is -0.533. The summed E-state index contributed by atoms with van der Waals surface area (Å²) >= 11 is 0. The van der Waals surface area contributed by atoms with Crippen molar-refractivity contribution < 1.29 is 9.59 Å². The van der Waals surface area contributed by atoms with Crippen molar-refractivity contribution in [3.8, 4) is 0 Å². The van der Waals surface area contributed by atoms with Crippen molar-refractivity contribution in [1.29, 1.82) is 0 Å². The smallest absolute Gasteiger partial charge is 0.274 e. The van der Waals surface area contributed by atoms with Crippen LogP contribution in [0.4, 0.5) is 0 Å². The summed E-state index contributed by atoms with van der Waals surface area (Å²) in [6, 6.07) is 20.1. The Bertz CT molecular complexity index is 1350. The van der Waals surface area contributed by atoms with Crippen LogP contribution in [0, 0.1) is 0 Å². The van der Waals surface area contributed by atoms with Crippen LogP contribution >= 0.6 is 0 Å². The molecule has 0 unspecified atom stereocenters. The standard InChI is InChI=1S/C24H20N4O2/c25-22-21(23(29)27-24(22)30)18-14-28(20-10-4-2-8-17(18)20)13-5-7-16-12-11-15-6-1-3-9-19(15)26-16/h1-4,6,8-12,14H,5,7,13H2,(H3,25,27,29,30). The van der Waals surface area contributed by atoms with Gasteiger partial charge in [-0.05, 0) is 31.0 Å². The number of carbonyl (C=O) groups excluding carboxylic acids is 2. The molecule has 0 atom stereocenters. The fourth-order valence-electron chi connectivity index (χ4n) is 4.05. The van der Waals surface area contributed by atoms with Crippen LogP contribution in [0.25, 0.3) is 27.4 Å². The van der Waals surface area contributed by atoms with Crippen LogP contribution in [-0.4, -0.2) is 21.4 Å². The molecule has 0 fully saturated rings. The Morgan fingerprint density at radius 1 is 0.933 bits per heavy atom. The van der Waals surface area contributed by atoms with Gasteiger partial charge in [-0.3, -0.25) is 19.9 Å². The number of carbonyl (C=O) groups is 2. The number of fused-ring (bicyclic) bond motifs is 2. The maximum absolute atomic E-state index is 12.3. The van der Waals surface area contributed by atoms with Crippen LogP contribution in [-0.2, 0) is 22.6 Å². The molecule has 0 spiro atoms. The summed E-state index contributed by atoms with van der Waals surface area (Å²) in [5.74, 6) is -0.977. The van der Waals surface area contributed by atoms with Crippen LogP contribution in [0.15, 0.2) is 72.6 Å². The number of para-hydroxylation sites is 2. The van der Waals surface area contributed by atoms with E-state index in [9.17, 15) is 9.59 Å². The van der Waals surface area contributed by atoms with Gasteiger partial charge in [-0.1, -0.05) is 42.5 Å². The number of benzene rings is 2. The predicted octanol–water partition coefficient (Wildman–Crippen LogP) is 3.15. The lowest BCUT2D eigenvalue weighted by Crippen LogP contribution is -2.24. The number of rotatable bonds is 5. The molecule has 148 valence electrons. The van der Waals surface area contributed by atoms with Crippen molar-refractivity contribution in [2.45, 2.75) is 19.4 Å². The number of aryl methyl sites for hydroxylation is 2. The van der Waals surface area contributed by atoms with Crippen molar-refractivity contribution in [3.05, 3.63) is 83.8 Å². The number of nitrogens with zero attached hydrogens (tertiary/aromatic N) is 2. The molecule has 0 bridgehead atoms. The minimum absolute atomic E-state index is 0.0248. The fourth-order valence-corrected chi connectivity index (χ4v) is 4.05. The molecule has 2 aromatic heterocycles. The maximum atomic E-state index is 12.3. The summed E-state index contributed by atoms with van der Waals surface area (Å²) in [4.78, 5) is 28.8. The molecule has 6 nitrogen and oxygen atoms in total. The van der Waals surface area contributed by atoms with E-state index < -0.39 is 11.8 Å². The summed E-state index contributed by atoms with van der Waals surface area (Å²) in [5.41, 5.74) is 9.88. The lowest BCUT2D eigenvalue weighted by Gasteiger charge is -2.06. The summed E-state index contributed by atoms with van der Waals surface area (Å²) in [7, 11) is 0. The third-order valence-electron chi connectivity index (χ3n) is 5.51. The number of pyridine rings is 1. The van der Waals surface area contributed by atoms with Crippen LogP contribution in [0.1, 0.15) is 17.7 Å². The highest BCUT2D eigenvalue weighted by atomic mass is 16.2. The number of nitrogens with one attached hydrogen (secondary N) is 1. The molecular formula is C24H20N4O2. The first-order chi connectivity index (χ1) is 14.6. The second-order valence-corrected chi connectivity index (χ2v) is 7.42. The maximum Gasteiger partial charge on any atom is 0.274 e. The molecule has 1 aliphatic heterocycles. The van der Waals surface area contributed by atoms with Crippen molar-refractivity contribution in [2.75, 3.05) is 0 Å². The van der Waals surface area contributed by atoms with E-state index >= 15 is 0 Å². The number of imide groups is 1. The van der Waals surface area contributed by atoms with E-state index in [1.54, 1.807) is 0 Å². The second-order valence-electron chi connectivity index (χ2n) is 7.42. The number of amides is 2. The quantitative estimate of drug-likeness (QED) is 0.507. The van der Waals surface area contributed by atoms with Gasteiger partial charge in [0.2, 0.25) is 0 Å². The summed E-state index contributed by atoms with van der Waals surface area (Å²) in [6.45, 7) is 0.762. The van der Waals surface area contributed by atoms with Crippen LogP contribution in [0.3, 0.4) is 0 Å². The van der Waals surface area contributed by atoms with Gasteiger partial charge in [-0.25, -0.2) is 0 Å². The van der Waals surface area contributed by atoms with E-state index in [-0.39, 0.29) is 11.3 Å². The predicted molar refractivity (Wildman–Crippen MR) is 116 cm³/mol. The van der Waals surface area contributed by atoms with E-state index in [0.29, 0.717) is 5.56 Å². The van der Waals surface area contributed by atoms with Gasteiger partial charge in [0.1, 0.15) is 5.70 Å². The van der Waals surface area contributed by atoms with Gasteiger partial charge in [0.25, 0.3) is 11.8 Å². The number of aromatic nitrogens is 2. The molecule has 0 radical (unpaired) electrons. The monoisotopic (exact) mass is 396 g/mol. The van der Waals surface area contributed by atoms with Gasteiger partial charge in [0.15, 0.2) is 0 Å². The third kappa shape index (κ3) is 3.03. The Hall–Kier alpha value is -3.93. The largest absolute Gasteiger partial charge is 0.394 e.